The number of aryl methyl sites for hydroxylation is 1. The Hall–Kier alpha value is -0.620. The summed E-state index contributed by atoms with van der Waals surface area (Å²) in [5.41, 5.74) is 2.36. The molecule has 2 aromatic heterocycles. The third-order valence-electron chi connectivity index (χ3n) is 2.95. The molecular weight excluding hydrogens is 391 g/mol. The molecular formula is C13H12BrIN2. The van der Waals surface area contributed by atoms with Gasteiger partial charge in [-0.2, -0.15) is 0 Å². The first-order chi connectivity index (χ1) is 7.79. The zero-order valence-electron chi connectivity index (χ0n) is 9.37. The summed E-state index contributed by atoms with van der Waals surface area (Å²) in [4.78, 5) is 3.45. The number of benzene rings is 1. The SMILES string of the molecule is CC[n+]1ccc2c(c1)[nH]c1c(Br)cccc12.[I-]. The Morgan fingerprint density at radius 3 is 2.82 bits per heavy atom. The second kappa shape index (κ2) is 4.94. The fourth-order valence-electron chi connectivity index (χ4n) is 2.08. The van der Waals surface area contributed by atoms with E-state index in [0.29, 0.717) is 0 Å². The molecule has 2 nitrogen and oxygen atoms in total. The van der Waals surface area contributed by atoms with Crippen molar-refractivity contribution >= 4 is 37.7 Å². The highest BCUT2D eigenvalue weighted by molar-refractivity contribution is 9.10. The van der Waals surface area contributed by atoms with Crippen LogP contribution in [0.4, 0.5) is 0 Å². The average molecular weight is 403 g/mol. The number of rotatable bonds is 1. The molecule has 3 aromatic rings. The maximum absolute atomic E-state index is 3.57. The second-order valence-electron chi connectivity index (χ2n) is 3.89. The Kier molecular flexibility index (Phi) is 3.73. The van der Waals surface area contributed by atoms with Crippen LogP contribution in [-0.4, -0.2) is 4.98 Å². The van der Waals surface area contributed by atoms with Gasteiger partial charge in [0.2, 0.25) is 0 Å². The number of aromatic amines is 1. The number of fused-ring (bicyclic) bond motifs is 3. The number of hydrogen-bond acceptors (Lipinski definition) is 0. The van der Waals surface area contributed by atoms with Gasteiger partial charge >= 0.3 is 0 Å². The summed E-state index contributed by atoms with van der Waals surface area (Å²) in [6.07, 6.45) is 4.28. The molecule has 3 rings (SSSR count). The second-order valence-corrected chi connectivity index (χ2v) is 4.74. The van der Waals surface area contributed by atoms with Gasteiger partial charge in [0.05, 0.1) is 5.52 Å². The third-order valence-corrected chi connectivity index (χ3v) is 3.61. The molecule has 0 unspecified atom stereocenters. The van der Waals surface area contributed by atoms with Gasteiger partial charge in [0, 0.05) is 21.3 Å². The predicted molar refractivity (Wildman–Crippen MR) is 69.4 cm³/mol. The first kappa shape index (κ1) is 12.8. The molecule has 1 N–H and O–H groups in total. The van der Waals surface area contributed by atoms with Crippen molar-refractivity contribution in [2.45, 2.75) is 13.5 Å². The summed E-state index contributed by atoms with van der Waals surface area (Å²) in [5.74, 6) is 0. The largest absolute Gasteiger partial charge is 1.00 e. The van der Waals surface area contributed by atoms with E-state index in [1.807, 2.05) is 0 Å². The zero-order valence-corrected chi connectivity index (χ0v) is 13.1. The number of halogens is 2. The zero-order chi connectivity index (χ0) is 11.1. The van der Waals surface area contributed by atoms with Crippen molar-refractivity contribution < 1.29 is 28.5 Å². The monoisotopic (exact) mass is 402 g/mol. The van der Waals surface area contributed by atoms with Gasteiger partial charge in [-0.25, -0.2) is 4.57 Å². The Labute approximate surface area is 125 Å². The van der Waals surface area contributed by atoms with Crippen molar-refractivity contribution in [2.24, 2.45) is 0 Å². The van der Waals surface area contributed by atoms with Gasteiger partial charge in [-0.15, -0.1) is 0 Å². The van der Waals surface area contributed by atoms with E-state index >= 15 is 0 Å². The maximum atomic E-state index is 3.57. The van der Waals surface area contributed by atoms with Gasteiger partial charge in [0.15, 0.2) is 12.4 Å². The van der Waals surface area contributed by atoms with E-state index in [1.165, 1.54) is 21.8 Å². The molecule has 17 heavy (non-hydrogen) atoms. The third kappa shape index (κ3) is 2.08. The molecule has 0 saturated carbocycles. The summed E-state index contributed by atoms with van der Waals surface area (Å²) in [7, 11) is 0. The normalized spacial score (nSPS) is 10.7. The highest BCUT2D eigenvalue weighted by atomic mass is 127. The highest BCUT2D eigenvalue weighted by Gasteiger charge is 2.09. The molecule has 0 atom stereocenters. The molecule has 0 saturated heterocycles. The maximum Gasteiger partial charge on any atom is 0.193 e. The molecule has 0 fully saturated rings. The summed E-state index contributed by atoms with van der Waals surface area (Å²) in [5, 5.41) is 2.55. The van der Waals surface area contributed by atoms with E-state index in [0.717, 1.165) is 11.0 Å². The van der Waals surface area contributed by atoms with Crippen molar-refractivity contribution in [3.8, 4) is 0 Å². The van der Waals surface area contributed by atoms with E-state index in [-0.39, 0.29) is 24.0 Å². The van der Waals surface area contributed by atoms with E-state index in [9.17, 15) is 0 Å². The lowest BCUT2D eigenvalue weighted by Crippen LogP contribution is -3.00. The molecule has 88 valence electrons. The molecule has 2 heterocycles. The average Bonchev–Trinajstić information content (AvgIpc) is 2.68. The summed E-state index contributed by atoms with van der Waals surface area (Å²) < 4.78 is 3.29. The van der Waals surface area contributed by atoms with Crippen molar-refractivity contribution in [2.75, 3.05) is 0 Å². The minimum absolute atomic E-state index is 0. The van der Waals surface area contributed by atoms with E-state index in [4.69, 9.17) is 0 Å². The highest BCUT2D eigenvalue weighted by Crippen LogP contribution is 2.29. The summed E-state index contributed by atoms with van der Waals surface area (Å²) in [6.45, 7) is 3.14. The minimum Gasteiger partial charge on any atom is -1.00 e. The lowest BCUT2D eigenvalue weighted by molar-refractivity contribution is -0.692. The molecule has 1 aromatic carbocycles. The van der Waals surface area contributed by atoms with Crippen molar-refractivity contribution in [1.29, 1.82) is 0 Å². The lowest BCUT2D eigenvalue weighted by atomic mass is 10.2. The van der Waals surface area contributed by atoms with Crippen LogP contribution < -0.4 is 28.5 Å². The number of para-hydroxylation sites is 1. The topological polar surface area (TPSA) is 19.7 Å². The Balaban J connectivity index is 0.00000108. The Bertz CT molecular complexity index is 676. The fourth-order valence-corrected chi connectivity index (χ4v) is 2.55. The van der Waals surface area contributed by atoms with Crippen LogP contribution in [0.5, 0.6) is 0 Å². The van der Waals surface area contributed by atoms with Crippen LogP contribution in [0.1, 0.15) is 6.92 Å². The van der Waals surface area contributed by atoms with Crippen molar-refractivity contribution in [3.05, 3.63) is 41.1 Å². The first-order valence-electron chi connectivity index (χ1n) is 5.38. The Morgan fingerprint density at radius 2 is 2.06 bits per heavy atom. The molecule has 4 heteroatoms. The van der Waals surface area contributed by atoms with Gasteiger partial charge in [-0.3, -0.25) is 0 Å². The van der Waals surface area contributed by atoms with Crippen LogP contribution in [0.25, 0.3) is 21.8 Å². The number of hydrogen-bond donors (Lipinski definition) is 1. The fraction of sp³-hybridized carbons (Fsp3) is 0.154. The van der Waals surface area contributed by atoms with Crippen LogP contribution in [0.15, 0.2) is 41.1 Å². The van der Waals surface area contributed by atoms with Gasteiger partial charge in [0.1, 0.15) is 12.1 Å². The number of pyridine rings is 1. The standard InChI is InChI=1S/C13H11BrN2.HI/c1-2-16-7-6-9-10-4-3-5-11(14)13(10)15-12(9)8-16;/h3-8H,2H2,1H3;1H. The van der Waals surface area contributed by atoms with Crippen LogP contribution >= 0.6 is 15.9 Å². The van der Waals surface area contributed by atoms with Crippen LogP contribution in [-0.2, 0) is 6.54 Å². The van der Waals surface area contributed by atoms with E-state index in [1.54, 1.807) is 0 Å². The van der Waals surface area contributed by atoms with E-state index in [2.05, 4.69) is 69.1 Å². The molecule has 0 aliphatic carbocycles. The molecule has 0 spiro atoms. The smallest absolute Gasteiger partial charge is 0.193 e. The predicted octanol–water partition coefficient (Wildman–Crippen LogP) is 0.395. The van der Waals surface area contributed by atoms with Gasteiger partial charge < -0.3 is 29.0 Å². The van der Waals surface area contributed by atoms with Crippen LogP contribution in [0, 0.1) is 0 Å². The number of nitrogens with one attached hydrogen (secondary N) is 1. The van der Waals surface area contributed by atoms with Gasteiger partial charge in [-0.05, 0) is 28.9 Å². The van der Waals surface area contributed by atoms with Crippen LogP contribution in [0.2, 0.25) is 0 Å². The summed E-state index contributed by atoms with van der Waals surface area (Å²) in [6, 6.07) is 8.45. The summed E-state index contributed by atoms with van der Waals surface area (Å²) >= 11 is 3.57. The molecule has 0 aliphatic rings. The van der Waals surface area contributed by atoms with Crippen LogP contribution in [0.3, 0.4) is 0 Å². The number of aromatic nitrogens is 2. The first-order valence-corrected chi connectivity index (χ1v) is 6.18. The number of H-pyrrole nitrogens is 1. The van der Waals surface area contributed by atoms with Crippen molar-refractivity contribution in [1.82, 2.24) is 4.98 Å². The minimum atomic E-state index is 0. The van der Waals surface area contributed by atoms with Gasteiger partial charge in [-0.1, -0.05) is 12.1 Å². The number of nitrogens with zero attached hydrogens (tertiary/aromatic N) is 1. The lowest BCUT2D eigenvalue weighted by Gasteiger charge is -1.92. The van der Waals surface area contributed by atoms with Crippen molar-refractivity contribution in [3.63, 3.8) is 0 Å². The van der Waals surface area contributed by atoms with Gasteiger partial charge in [0.25, 0.3) is 0 Å². The molecule has 0 bridgehead atoms. The Morgan fingerprint density at radius 1 is 1.24 bits per heavy atom. The molecule has 0 radical (unpaired) electrons. The molecule has 0 amide bonds. The van der Waals surface area contributed by atoms with E-state index < -0.39 is 0 Å². The molecule has 0 aliphatic heterocycles. The quantitative estimate of drug-likeness (QED) is 0.449.